The van der Waals surface area contributed by atoms with E-state index in [1.54, 1.807) is 25.4 Å². The Labute approximate surface area is 101 Å². The van der Waals surface area contributed by atoms with Gasteiger partial charge in [0.15, 0.2) is 0 Å². The fraction of sp³-hybridized carbons (Fsp3) is 0.417. The molecule has 0 saturated carbocycles. The van der Waals surface area contributed by atoms with Gasteiger partial charge in [-0.3, -0.25) is 4.79 Å². The molecule has 0 aliphatic rings. The quantitative estimate of drug-likeness (QED) is 0.816. The van der Waals surface area contributed by atoms with Gasteiger partial charge < -0.3 is 10.6 Å². The van der Waals surface area contributed by atoms with Gasteiger partial charge >= 0.3 is 0 Å². The second-order valence-electron chi connectivity index (χ2n) is 4.36. The average molecular weight is 232 g/mol. The van der Waals surface area contributed by atoms with Gasteiger partial charge in [0.1, 0.15) is 5.82 Å². The normalized spacial score (nSPS) is 10.5. The molecule has 0 saturated heterocycles. The molecule has 1 amide bonds. The molecule has 0 radical (unpaired) electrons. The number of carbonyl (C=O) groups excluding carboxylic acids is 1. The minimum atomic E-state index is -0.529. The summed E-state index contributed by atoms with van der Waals surface area (Å²) in [7, 11) is 1.61. The number of nitrogens with zero attached hydrogens (tertiary/aromatic N) is 2. The molecular weight excluding hydrogens is 216 g/mol. The van der Waals surface area contributed by atoms with Crippen molar-refractivity contribution in [2.45, 2.75) is 13.8 Å². The van der Waals surface area contributed by atoms with Gasteiger partial charge in [-0.05, 0) is 26.0 Å². The molecule has 0 unspecified atom stereocenters. The molecule has 5 heteroatoms. The van der Waals surface area contributed by atoms with Crippen LogP contribution in [0.25, 0.3) is 0 Å². The van der Waals surface area contributed by atoms with E-state index in [1.165, 1.54) is 0 Å². The van der Waals surface area contributed by atoms with E-state index in [1.807, 2.05) is 19.9 Å². The Kier molecular flexibility index (Phi) is 4.05. The van der Waals surface area contributed by atoms with Crippen LogP contribution < -0.4 is 10.6 Å². The summed E-state index contributed by atoms with van der Waals surface area (Å²) in [4.78, 5) is 15.6. The van der Waals surface area contributed by atoms with E-state index in [0.717, 1.165) is 0 Å². The van der Waals surface area contributed by atoms with Crippen LogP contribution in [-0.2, 0) is 4.79 Å². The number of amides is 1. The Morgan fingerprint density at radius 1 is 1.59 bits per heavy atom. The maximum atomic E-state index is 11.6. The first-order valence-electron chi connectivity index (χ1n) is 5.32. The van der Waals surface area contributed by atoms with Crippen molar-refractivity contribution in [3.8, 4) is 6.07 Å². The van der Waals surface area contributed by atoms with E-state index >= 15 is 0 Å². The molecule has 0 aromatic carbocycles. The Hall–Kier alpha value is -2.09. The largest absolute Gasteiger partial charge is 0.369 e. The minimum Gasteiger partial charge on any atom is -0.369 e. The van der Waals surface area contributed by atoms with Gasteiger partial charge in [0.2, 0.25) is 5.91 Å². The van der Waals surface area contributed by atoms with Crippen molar-refractivity contribution in [2.75, 3.05) is 18.9 Å². The number of nitrogens with one attached hydrogen (secondary N) is 2. The van der Waals surface area contributed by atoms with Crippen molar-refractivity contribution in [3.63, 3.8) is 0 Å². The third kappa shape index (κ3) is 3.45. The zero-order valence-corrected chi connectivity index (χ0v) is 10.2. The molecule has 1 aromatic rings. The summed E-state index contributed by atoms with van der Waals surface area (Å²) >= 11 is 0. The smallest absolute Gasteiger partial charge is 0.227 e. The standard InChI is InChI=1S/C12H16N4O/c1-12(2,11(17)14-3)8-16-10-6-9(7-13)4-5-15-10/h4-6H,8H2,1-3H3,(H,14,17)(H,15,16). The molecule has 0 aliphatic carbocycles. The van der Waals surface area contributed by atoms with E-state index in [2.05, 4.69) is 15.6 Å². The molecule has 0 atom stereocenters. The predicted octanol–water partition coefficient (Wildman–Crippen LogP) is 1.14. The Bertz CT molecular complexity index is 448. The molecule has 0 fully saturated rings. The summed E-state index contributed by atoms with van der Waals surface area (Å²) in [6.07, 6.45) is 1.56. The van der Waals surface area contributed by atoms with Gasteiger partial charge in [0.25, 0.3) is 0 Å². The number of hydrogen-bond donors (Lipinski definition) is 2. The third-order valence-electron chi connectivity index (χ3n) is 2.44. The summed E-state index contributed by atoms with van der Waals surface area (Å²) in [6.45, 7) is 4.13. The lowest BCUT2D eigenvalue weighted by molar-refractivity contribution is -0.128. The molecule has 0 aliphatic heterocycles. The molecule has 90 valence electrons. The van der Waals surface area contributed by atoms with Crippen LogP contribution >= 0.6 is 0 Å². The lowest BCUT2D eigenvalue weighted by atomic mass is 9.92. The van der Waals surface area contributed by atoms with E-state index in [4.69, 9.17) is 5.26 Å². The van der Waals surface area contributed by atoms with Gasteiger partial charge in [-0.25, -0.2) is 4.98 Å². The van der Waals surface area contributed by atoms with Crippen LogP contribution in [0.15, 0.2) is 18.3 Å². The fourth-order valence-electron chi connectivity index (χ4n) is 1.33. The first-order valence-corrected chi connectivity index (χ1v) is 5.32. The molecule has 1 rings (SSSR count). The summed E-state index contributed by atoms with van der Waals surface area (Å²) in [5.74, 6) is 0.558. The highest BCUT2D eigenvalue weighted by Gasteiger charge is 2.26. The predicted molar refractivity (Wildman–Crippen MR) is 65.3 cm³/mol. The molecule has 1 aromatic heterocycles. The monoisotopic (exact) mass is 232 g/mol. The van der Waals surface area contributed by atoms with Crippen LogP contribution in [0.3, 0.4) is 0 Å². The van der Waals surface area contributed by atoms with E-state index in [9.17, 15) is 4.79 Å². The van der Waals surface area contributed by atoms with E-state index in [0.29, 0.717) is 17.9 Å². The van der Waals surface area contributed by atoms with Gasteiger partial charge in [0, 0.05) is 19.8 Å². The topological polar surface area (TPSA) is 77.8 Å². The maximum Gasteiger partial charge on any atom is 0.227 e. The highest BCUT2D eigenvalue weighted by Crippen LogP contribution is 2.16. The van der Waals surface area contributed by atoms with Crippen molar-refractivity contribution in [1.82, 2.24) is 10.3 Å². The number of aromatic nitrogens is 1. The molecule has 1 heterocycles. The van der Waals surface area contributed by atoms with Crippen LogP contribution in [0.4, 0.5) is 5.82 Å². The number of carbonyl (C=O) groups is 1. The molecule has 2 N–H and O–H groups in total. The van der Waals surface area contributed by atoms with Crippen molar-refractivity contribution < 1.29 is 4.79 Å². The maximum absolute atomic E-state index is 11.6. The first-order chi connectivity index (χ1) is 7.99. The van der Waals surface area contributed by atoms with Crippen molar-refractivity contribution in [3.05, 3.63) is 23.9 Å². The molecule has 5 nitrogen and oxygen atoms in total. The highest BCUT2D eigenvalue weighted by molar-refractivity contribution is 5.82. The number of anilines is 1. The molecule has 0 spiro atoms. The molecule has 0 bridgehead atoms. The second kappa shape index (κ2) is 5.30. The highest BCUT2D eigenvalue weighted by atomic mass is 16.2. The lowest BCUT2D eigenvalue weighted by Gasteiger charge is -2.23. The van der Waals surface area contributed by atoms with Gasteiger partial charge in [-0.2, -0.15) is 5.26 Å². The number of pyridine rings is 1. The zero-order chi connectivity index (χ0) is 12.9. The van der Waals surface area contributed by atoms with Crippen LogP contribution in [0.5, 0.6) is 0 Å². The SMILES string of the molecule is CNC(=O)C(C)(C)CNc1cc(C#N)ccn1. The third-order valence-corrected chi connectivity index (χ3v) is 2.44. The first kappa shape index (κ1) is 13.0. The van der Waals surface area contributed by atoms with E-state index < -0.39 is 5.41 Å². The van der Waals surface area contributed by atoms with Crippen molar-refractivity contribution in [1.29, 1.82) is 5.26 Å². The van der Waals surface area contributed by atoms with Crippen molar-refractivity contribution in [2.24, 2.45) is 5.41 Å². The van der Waals surface area contributed by atoms with Gasteiger partial charge in [-0.15, -0.1) is 0 Å². The van der Waals surface area contributed by atoms with E-state index in [-0.39, 0.29) is 5.91 Å². The molecule has 17 heavy (non-hydrogen) atoms. The summed E-state index contributed by atoms with van der Waals surface area (Å²) in [6, 6.07) is 5.33. The van der Waals surface area contributed by atoms with Gasteiger partial charge in [-0.1, -0.05) is 0 Å². The number of nitriles is 1. The Morgan fingerprint density at radius 3 is 2.88 bits per heavy atom. The van der Waals surface area contributed by atoms with Crippen LogP contribution in [0, 0.1) is 16.7 Å². The number of hydrogen-bond acceptors (Lipinski definition) is 4. The summed E-state index contributed by atoms with van der Waals surface area (Å²) < 4.78 is 0. The minimum absolute atomic E-state index is 0.0403. The Morgan fingerprint density at radius 2 is 2.29 bits per heavy atom. The number of rotatable bonds is 4. The summed E-state index contributed by atoms with van der Waals surface area (Å²) in [5.41, 5.74) is 0.0132. The average Bonchev–Trinajstić information content (AvgIpc) is 2.35. The van der Waals surface area contributed by atoms with Crippen LogP contribution in [-0.4, -0.2) is 24.5 Å². The fourth-order valence-corrected chi connectivity index (χ4v) is 1.33. The van der Waals surface area contributed by atoms with Crippen LogP contribution in [0.2, 0.25) is 0 Å². The summed E-state index contributed by atoms with van der Waals surface area (Å²) in [5, 5.41) is 14.4. The lowest BCUT2D eigenvalue weighted by Crippen LogP contribution is -2.39. The van der Waals surface area contributed by atoms with Crippen LogP contribution in [0.1, 0.15) is 19.4 Å². The van der Waals surface area contributed by atoms with Gasteiger partial charge in [0.05, 0.1) is 17.0 Å². The Balaban J connectivity index is 2.67. The molecular formula is C12H16N4O. The second-order valence-corrected chi connectivity index (χ2v) is 4.36. The zero-order valence-electron chi connectivity index (χ0n) is 10.2. The van der Waals surface area contributed by atoms with Crippen molar-refractivity contribution >= 4 is 11.7 Å².